The number of nitrogens with zero attached hydrogens (tertiary/aromatic N) is 5. The molecule has 0 saturated carbocycles. The minimum Gasteiger partial charge on any atom is -0.487 e. The number of pyridine rings is 2. The Balaban J connectivity index is 1.39. The van der Waals surface area contributed by atoms with Crippen molar-refractivity contribution in [3.8, 4) is 17.0 Å². The molecule has 7 nitrogen and oxygen atoms in total. The summed E-state index contributed by atoms with van der Waals surface area (Å²) in [7, 11) is 0. The number of hydrogen-bond acceptors (Lipinski definition) is 6. The third-order valence-electron chi connectivity index (χ3n) is 4.02. The minimum absolute atomic E-state index is 0.433. The highest BCUT2D eigenvalue weighted by Gasteiger charge is 2.08. The van der Waals surface area contributed by atoms with Gasteiger partial charge in [0.2, 0.25) is 0 Å². The van der Waals surface area contributed by atoms with Gasteiger partial charge in [0, 0.05) is 11.8 Å². The fourth-order valence-electron chi connectivity index (χ4n) is 2.63. The lowest BCUT2D eigenvalue weighted by atomic mass is 10.2. The molecule has 1 aromatic carbocycles. The SMILES string of the molecule is Nc1ncccc1-c1cn(Cc2ccc(OCc3ccccc3)cn2)nn1. The highest BCUT2D eigenvalue weighted by molar-refractivity contribution is 5.69. The van der Waals surface area contributed by atoms with Crippen LogP contribution in [0.5, 0.6) is 5.75 Å². The Labute approximate surface area is 156 Å². The average Bonchev–Trinajstić information content (AvgIpc) is 3.17. The number of ether oxygens (including phenoxy) is 1. The molecule has 2 N–H and O–H groups in total. The molecule has 4 rings (SSSR count). The summed E-state index contributed by atoms with van der Waals surface area (Å²) in [5.41, 5.74) is 9.31. The van der Waals surface area contributed by atoms with Crippen LogP contribution < -0.4 is 10.5 Å². The summed E-state index contributed by atoms with van der Waals surface area (Å²) in [6.45, 7) is 1.02. The van der Waals surface area contributed by atoms with Gasteiger partial charge in [-0.1, -0.05) is 35.5 Å². The molecule has 3 aromatic heterocycles. The van der Waals surface area contributed by atoms with Gasteiger partial charge in [-0.3, -0.25) is 4.98 Å². The molecule has 7 heteroatoms. The van der Waals surface area contributed by atoms with E-state index in [4.69, 9.17) is 10.5 Å². The lowest BCUT2D eigenvalue weighted by Gasteiger charge is -2.06. The molecule has 0 bridgehead atoms. The summed E-state index contributed by atoms with van der Waals surface area (Å²) in [5.74, 6) is 1.16. The maximum Gasteiger partial charge on any atom is 0.138 e. The number of rotatable bonds is 6. The van der Waals surface area contributed by atoms with Gasteiger partial charge in [-0.2, -0.15) is 0 Å². The largest absolute Gasteiger partial charge is 0.487 e. The number of benzene rings is 1. The van der Waals surface area contributed by atoms with Gasteiger partial charge < -0.3 is 10.5 Å². The van der Waals surface area contributed by atoms with Gasteiger partial charge in [-0.15, -0.1) is 5.10 Å². The zero-order valence-corrected chi connectivity index (χ0v) is 14.6. The molecule has 0 saturated heterocycles. The number of nitrogen functional groups attached to an aromatic ring is 1. The molecular weight excluding hydrogens is 340 g/mol. The van der Waals surface area contributed by atoms with Gasteiger partial charge in [0.05, 0.1) is 24.6 Å². The Morgan fingerprint density at radius 1 is 0.963 bits per heavy atom. The summed E-state index contributed by atoms with van der Waals surface area (Å²) in [6, 6.07) is 17.5. The van der Waals surface area contributed by atoms with Crippen LogP contribution in [0.2, 0.25) is 0 Å². The second-order valence-electron chi connectivity index (χ2n) is 6.00. The van der Waals surface area contributed by atoms with E-state index < -0.39 is 0 Å². The van der Waals surface area contributed by atoms with Crippen LogP contribution in [0, 0.1) is 0 Å². The number of aromatic nitrogens is 5. The van der Waals surface area contributed by atoms with Crippen molar-refractivity contribution in [2.24, 2.45) is 0 Å². The highest BCUT2D eigenvalue weighted by Crippen LogP contribution is 2.21. The fourth-order valence-corrected chi connectivity index (χ4v) is 2.63. The molecular formula is C20H18N6O. The zero-order chi connectivity index (χ0) is 18.5. The van der Waals surface area contributed by atoms with Crippen molar-refractivity contribution in [2.45, 2.75) is 13.2 Å². The average molecular weight is 358 g/mol. The first-order valence-electron chi connectivity index (χ1n) is 8.50. The quantitative estimate of drug-likeness (QED) is 0.570. The topological polar surface area (TPSA) is 91.7 Å². The monoisotopic (exact) mass is 358 g/mol. The van der Waals surface area contributed by atoms with Crippen LogP contribution in [-0.4, -0.2) is 25.0 Å². The zero-order valence-electron chi connectivity index (χ0n) is 14.6. The van der Waals surface area contributed by atoms with Crippen molar-refractivity contribution < 1.29 is 4.74 Å². The summed E-state index contributed by atoms with van der Waals surface area (Å²) in [5, 5.41) is 8.30. The van der Waals surface area contributed by atoms with Crippen LogP contribution in [0.25, 0.3) is 11.3 Å². The highest BCUT2D eigenvalue weighted by atomic mass is 16.5. The van der Waals surface area contributed by atoms with Gasteiger partial charge in [-0.25, -0.2) is 9.67 Å². The Kier molecular flexibility index (Phi) is 4.74. The summed E-state index contributed by atoms with van der Waals surface area (Å²) in [4.78, 5) is 8.51. The Morgan fingerprint density at radius 2 is 1.85 bits per heavy atom. The summed E-state index contributed by atoms with van der Waals surface area (Å²) < 4.78 is 7.47. The Hall–Kier alpha value is -3.74. The van der Waals surface area contributed by atoms with E-state index in [0.29, 0.717) is 24.7 Å². The third kappa shape index (κ3) is 4.09. The molecule has 3 heterocycles. The molecule has 4 aromatic rings. The first-order valence-corrected chi connectivity index (χ1v) is 8.50. The van der Waals surface area contributed by atoms with Crippen LogP contribution in [0.3, 0.4) is 0 Å². The van der Waals surface area contributed by atoms with E-state index in [1.54, 1.807) is 17.1 Å². The number of hydrogen-bond donors (Lipinski definition) is 1. The first kappa shape index (κ1) is 16.7. The second-order valence-corrected chi connectivity index (χ2v) is 6.00. The van der Waals surface area contributed by atoms with Crippen molar-refractivity contribution in [1.82, 2.24) is 25.0 Å². The molecule has 0 aliphatic rings. The molecule has 27 heavy (non-hydrogen) atoms. The van der Waals surface area contributed by atoms with E-state index >= 15 is 0 Å². The molecule has 0 fully saturated rings. The van der Waals surface area contributed by atoms with Crippen LogP contribution in [0.15, 0.2) is 73.2 Å². The fraction of sp³-hybridized carbons (Fsp3) is 0.100. The summed E-state index contributed by atoms with van der Waals surface area (Å²) in [6.07, 6.45) is 5.19. The van der Waals surface area contributed by atoms with Gasteiger partial charge >= 0.3 is 0 Å². The maximum absolute atomic E-state index is 5.89. The van der Waals surface area contributed by atoms with Crippen molar-refractivity contribution in [2.75, 3.05) is 5.73 Å². The van der Waals surface area contributed by atoms with E-state index in [0.717, 1.165) is 22.6 Å². The van der Waals surface area contributed by atoms with Crippen molar-refractivity contribution in [1.29, 1.82) is 0 Å². The van der Waals surface area contributed by atoms with Crippen LogP contribution in [0.4, 0.5) is 5.82 Å². The standard InChI is InChI=1S/C20H18N6O/c21-20-18(7-4-10-22-20)19-13-26(25-24-19)12-16-8-9-17(11-23-16)27-14-15-5-2-1-3-6-15/h1-11,13H,12,14H2,(H2,21,22). The molecule has 0 aliphatic carbocycles. The van der Waals surface area contributed by atoms with E-state index in [2.05, 4.69) is 20.3 Å². The van der Waals surface area contributed by atoms with Crippen LogP contribution in [0.1, 0.15) is 11.3 Å². The molecule has 0 aliphatic heterocycles. The van der Waals surface area contributed by atoms with Gasteiger partial charge in [-0.05, 0) is 29.8 Å². The van der Waals surface area contributed by atoms with E-state index in [1.165, 1.54) is 0 Å². The molecule has 0 atom stereocenters. The van der Waals surface area contributed by atoms with Crippen molar-refractivity contribution in [3.63, 3.8) is 0 Å². The molecule has 0 unspecified atom stereocenters. The smallest absolute Gasteiger partial charge is 0.138 e. The van der Waals surface area contributed by atoms with Gasteiger partial charge in [0.1, 0.15) is 23.9 Å². The Morgan fingerprint density at radius 3 is 2.63 bits per heavy atom. The maximum atomic E-state index is 5.89. The molecule has 134 valence electrons. The summed E-state index contributed by atoms with van der Waals surface area (Å²) >= 11 is 0. The third-order valence-corrected chi connectivity index (χ3v) is 4.02. The minimum atomic E-state index is 0.433. The molecule has 0 amide bonds. The van der Waals surface area contributed by atoms with Crippen molar-refractivity contribution in [3.05, 3.63) is 84.4 Å². The van der Waals surface area contributed by atoms with E-state index in [-0.39, 0.29) is 0 Å². The predicted molar refractivity (Wildman–Crippen MR) is 102 cm³/mol. The lowest BCUT2D eigenvalue weighted by molar-refractivity contribution is 0.304. The van der Waals surface area contributed by atoms with E-state index in [9.17, 15) is 0 Å². The molecule has 0 spiro atoms. The van der Waals surface area contributed by atoms with E-state index in [1.807, 2.05) is 60.8 Å². The normalized spacial score (nSPS) is 10.7. The van der Waals surface area contributed by atoms with Crippen LogP contribution in [-0.2, 0) is 13.2 Å². The lowest BCUT2D eigenvalue weighted by Crippen LogP contribution is -2.03. The van der Waals surface area contributed by atoms with Gasteiger partial charge in [0.25, 0.3) is 0 Å². The molecule has 0 radical (unpaired) electrons. The number of anilines is 1. The second kappa shape index (κ2) is 7.65. The van der Waals surface area contributed by atoms with Crippen LogP contribution >= 0.6 is 0 Å². The Bertz CT molecular complexity index is 1010. The number of nitrogens with two attached hydrogens (primary N) is 1. The predicted octanol–water partition coefficient (Wildman–Crippen LogP) is 2.94. The first-order chi connectivity index (χ1) is 13.3. The van der Waals surface area contributed by atoms with Gasteiger partial charge in [0.15, 0.2) is 0 Å². The van der Waals surface area contributed by atoms with Crippen molar-refractivity contribution >= 4 is 5.82 Å².